The second kappa shape index (κ2) is 56.7. The fraction of sp³-hybridized carbons (Fsp3) is 0.770. The minimum absolute atomic E-state index is 0.0744. The third-order valence-corrected chi connectivity index (χ3v) is 12.2. The second-order valence-electron chi connectivity index (χ2n) is 18.8. The summed E-state index contributed by atoms with van der Waals surface area (Å²) in [6.45, 7) is 7.71. The summed E-state index contributed by atoms with van der Waals surface area (Å²) < 4.78 is 17.5. The maximum atomic E-state index is 12.9. The van der Waals surface area contributed by atoms with E-state index in [4.69, 9.17) is 14.2 Å². The molecule has 0 bridgehead atoms. The van der Waals surface area contributed by atoms with Crippen LogP contribution in [0.5, 0.6) is 0 Å². The lowest BCUT2D eigenvalue weighted by Gasteiger charge is -2.18. The van der Waals surface area contributed by atoms with Crippen molar-refractivity contribution in [2.45, 2.75) is 284 Å². The standard InChI is InChI=1S/C61H108O5/c1-4-7-10-13-16-19-22-25-28-30-31-33-34-36-39-42-45-48-51-54-60(62)65-58-59(57-64-56-53-50-47-44-41-38-27-24-21-18-15-12-9-6-3)66-61(63)55-52-49-46-43-40-37-35-32-29-26-23-20-17-14-11-8-5-2/h12,15-17,19-21,24-26,28-29,59H,4-11,13-14,18,22-23,27,30-58H2,1-3H3/b15-12-,19-16-,20-17-,24-21-,28-25-,29-26-. The van der Waals surface area contributed by atoms with Crippen molar-refractivity contribution in [1.29, 1.82) is 0 Å². The van der Waals surface area contributed by atoms with Gasteiger partial charge in [0.15, 0.2) is 6.10 Å². The van der Waals surface area contributed by atoms with Crippen molar-refractivity contribution in [2.24, 2.45) is 0 Å². The Bertz CT molecular complexity index is 1180. The quantitative estimate of drug-likeness (QED) is 0.0346. The van der Waals surface area contributed by atoms with Crippen LogP contribution >= 0.6 is 0 Å². The maximum absolute atomic E-state index is 12.9. The zero-order valence-corrected chi connectivity index (χ0v) is 44.0. The van der Waals surface area contributed by atoms with Gasteiger partial charge in [-0.05, 0) is 109 Å². The molecule has 0 amide bonds. The Kier molecular flexibility index (Phi) is 54.4. The highest BCUT2D eigenvalue weighted by Gasteiger charge is 2.17. The number of esters is 2. The van der Waals surface area contributed by atoms with Gasteiger partial charge >= 0.3 is 11.9 Å². The summed E-state index contributed by atoms with van der Waals surface area (Å²) in [5.41, 5.74) is 0. The van der Waals surface area contributed by atoms with Gasteiger partial charge in [-0.15, -0.1) is 0 Å². The molecule has 5 nitrogen and oxygen atoms in total. The molecule has 0 spiro atoms. The maximum Gasteiger partial charge on any atom is 0.306 e. The number of rotatable bonds is 52. The Morgan fingerprint density at radius 1 is 0.333 bits per heavy atom. The molecule has 5 heteroatoms. The molecule has 382 valence electrons. The molecule has 66 heavy (non-hydrogen) atoms. The van der Waals surface area contributed by atoms with Gasteiger partial charge < -0.3 is 14.2 Å². The number of carbonyl (C=O) groups excluding carboxylic acids is 2. The fourth-order valence-electron chi connectivity index (χ4n) is 7.90. The summed E-state index contributed by atoms with van der Waals surface area (Å²) in [4.78, 5) is 25.5. The van der Waals surface area contributed by atoms with Crippen LogP contribution in [0.4, 0.5) is 0 Å². The summed E-state index contributed by atoms with van der Waals surface area (Å²) in [6, 6.07) is 0. The molecular formula is C61H108O5. The fourth-order valence-corrected chi connectivity index (χ4v) is 7.90. The largest absolute Gasteiger partial charge is 0.462 e. The van der Waals surface area contributed by atoms with Crippen LogP contribution in [0.1, 0.15) is 278 Å². The summed E-state index contributed by atoms with van der Waals surface area (Å²) in [7, 11) is 0. The molecule has 0 aliphatic carbocycles. The van der Waals surface area contributed by atoms with E-state index in [0.717, 1.165) is 64.2 Å². The smallest absolute Gasteiger partial charge is 0.306 e. The molecule has 0 aromatic carbocycles. The van der Waals surface area contributed by atoms with E-state index in [9.17, 15) is 9.59 Å². The first-order chi connectivity index (χ1) is 32.6. The topological polar surface area (TPSA) is 61.8 Å². The summed E-state index contributed by atoms with van der Waals surface area (Å²) in [5, 5.41) is 0. The van der Waals surface area contributed by atoms with E-state index in [-0.39, 0.29) is 25.2 Å². The molecule has 0 rings (SSSR count). The number of unbranched alkanes of at least 4 members (excludes halogenated alkanes) is 29. The van der Waals surface area contributed by atoms with Crippen LogP contribution in [0, 0.1) is 0 Å². The van der Waals surface area contributed by atoms with Crippen molar-refractivity contribution in [3.63, 3.8) is 0 Å². The highest BCUT2D eigenvalue weighted by Crippen LogP contribution is 2.15. The van der Waals surface area contributed by atoms with Gasteiger partial charge in [0.1, 0.15) is 6.61 Å². The van der Waals surface area contributed by atoms with Crippen molar-refractivity contribution < 1.29 is 23.8 Å². The minimum Gasteiger partial charge on any atom is -0.462 e. The van der Waals surface area contributed by atoms with Crippen LogP contribution in [-0.4, -0.2) is 37.9 Å². The zero-order valence-electron chi connectivity index (χ0n) is 44.0. The average Bonchev–Trinajstić information content (AvgIpc) is 3.32. The summed E-state index contributed by atoms with van der Waals surface area (Å²) in [6.07, 6.45) is 73.4. The van der Waals surface area contributed by atoms with E-state index in [0.29, 0.717) is 19.4 Å². The Morgan fingerprint density at radius 3 is 1.06 bits per heavy atom. The first-order valence-electron chi connectivity index (χ1n) is 28.5. The van der Waals surface area contributed by atoms with Gasteiger partial charge in [-0.3, -0.25) is 9.59 Å². The molecule has 0 radical (unpaired) electrons. The van der Waals surface area contributed by atoms with Crippen molar-refractivity contribution in [1.82, 2.24) is 0 Å². The number of hydrogen-bond acceptors (Lipinski definition) is 5. The number of carbonyl (C=O) groups is 2. The van der Waals surface area contributed by atoms with Gasteiger partial charge in [-0.2, -0.15) is 0 Å². The normalized spacial score (nSPS) is 12.7. The van der Waals surface area contributed by atoms with E-state index in [2.05, 4.69) is 93.7 Å². The summed E-state index contributed by atoms with van der Waals surface area (Å²) >= 11 is 0. The van der Waals surface area contributed by atoms with Crippen LogP contribution in [-0.2, 0) is 23.8 Å². The highest BCUT2D eigenvalue weighted by atomic mass is 16.6. The molecule has 0 aliphatic rings. The third-order valence-electron chi connectivity index (χ3n) is 12.2. The third kappa shape index (κ3) is 54.0. The van der Waals surface area contributed by atoms with E-state index in [1.165, 1.54) is 180 Å². The lowest BCUT2D eigenvalue weighted by Crippen LogP contribution is -2.30. The second-order valence-corrected chi connectivity index (χ2v) is 18.8. The lowest BCUT2D eigenvalue weighted by molar-refractivity contribution is -0.163. The predicted octanol–water partition coefficient (Wildman–Crippen LogP) is 19.5. The molecule has 0 aromatic heterocycles. The molecule has 0 N–H and O–H groups in total. The van der Waals surface area contributed by atoms with Crippen LogP contribution in [0.15, 0.2) is 72.9 Å². The molecule has 1 unspecified atom stereocenters. The lowest BCUT2D eigenvalue weighted by atomic mass is 10.1. The van der Waals surface area contributed by atoms with Gasteiger partial charge in [-0.1, -0.05) is 229 Å². The van der Waals surface area contributed by atoms with Gasteiger partial charge in [-0.25, -0.2) is 0 Å². The molecule has 0 saturated carbocycles. The molecule has 0 fully saturated rings. The van der Waals surface area contributed by atoms with E-state index in [1.807, 2.05) is 0 Å². The first kappa shape index (κ1) is 63.3. The van der Waals surface area contributed by atoms with Crippen LogP contribution in [0.2, 0.25) is 0 Å². The molecule has 0 aromatic rings. The average molecular weight is 922 g/mol. The molecule has 0 aliphatic heterocycles. The van der Waals surface area contributed by atoms with Crippen LogP contribution < -0.4 is 0 Å². The van der Waals surface area contributed by atoms with Gasteiger partial charge in [0.25, 0.3) is 0 Å². The molecular weight excluding hydrogens is 813 g/mol. The molecule has 1 atom stereocenters. The van der Waals surface area contributed by atoms with Crippen molar-refractivity contribution in [3.8, 4) is 0 Å². The minimum atomic E-state index is -0.550. The monoisotopic (exact) mass is 921 g/mol. The van der Waals surface area contributed by atoms with E-state index in [1.54, 1.807) is 0 Å². The Balaban J connectivity index is 4.28. The van der Waals surface area contributed by atoms with Crippen LogP contribution in [0.25, 0.3) is 0 Å². The predicted molar refractivity (Wildman–Crippen MR) is 288 cm³/mol. The summed E-state index contributed by atoms with van der Waals surface area (Å²) in [5.74, 6) is -0.410. The van der Waals surface area contributed by atoms with Crippen molar-refractivity contribution >= 4 is 11.9 Å². The number of allylic oxidation sites excluding steroid dienone is 12. The van der Waals surface area contributed by atoms with E-state index < -0.39 is 6.10 Å². The van der Waals surface area contributed by atoms with Crippen molar-refractivity contribution in [2.75, 3.05) is 19.8 Å². The number of hydrogen-bond donors (Lipinski definition) is 0. The SMILES string of the molecule is CCC/C=C\C/C=C\CCCCCCCCOCC(COC(=O)CCCCCCCCCCC/C=C\C/C=C\CCCCC)OC(=O)CCCCCCCCC/C=C\C/C=C\CCCCC. The van der Waals surface area contributed by atoms with E-state index >= 15 is 0 Å². The first-order valence-corrected chi connectivity index (χ1v) is 28.5. The van der Waals surface area contributed by atoms with Crippen molar-refractivity contribution in [3.05, 3.63) is 72.9 Å². The Morgan fingerprint density at radius 2 is 0.667 bits per heavy atom. The van der Waals surface area contributed by atoms with Crippen LogP contribution in [0.3, 0.4) is 0 Å². The zero-order chi connectivity index (χ0) is 47.7. The number of ether oxygens (including phenoxy) is 3. The molecule has 0 heterocycles. The van der Waals surface area contributed by atoms with Gasteiger partial charge in [0.05, 0.1) is 6.61 Å². The van der Waals surface area contributed by atoms with Gasteiger partial charge in [0.2, 0.25) is 0 Å². The Labute approximate surface area is 410 Å². The highest BCUT2D eigenvalue weighted by molar-refractivity contribution is 5.70. The Hall–Kier alpha value is -2.66. The van der Waals surface area contributed by atoms with Gasteiger partial charge in [0, 0.05) is 19.4 Å². The molecule has 0 saturated heterocycles.